The molecule has 0 aliphatic heterocycles. The number of aryl methyl sites for hydroxylation is 1. The van der Waals surface area contributed by atoms with Crippen LogP contribution in [0.1, 0.15) is 42.1 Å². The van der Waals surface area contributed by atoms with Crippen molar-refractivity contribution in [3.63, 3.8) is 0 Å². The Hall–Kier alpha value is -1.55. The molecule has 0 aliphatic rings. The highest BCUT2D eigenvalue weighted by molar-refractivity contribution is 5.95. The summed E-state index contributed by atoms with van der Waals surface area (Å²) in [5, 5.41) is 12.1. The topological polar surface area (TPSA) is 58.6 Å². The van der Waals surface area contributed by atoms with Gasteiger partial charge in [0.25, 0.3) is 5.91 Å². The van der Waals surface area contributed by atoms with Crippen LogP contribution >= 0.6 is 0 Å². The summed E-state index contributed by atoms with van der Waals surface area (Å²) in [4.78, 5) is 11.9. The minimum Gasteiger partial charge on any atom is -0.508 e. The van der Waals surface area contributed by atoms with E-state index in [0.29, 0.717) is 18.7 Å². The highest BCUT2D eigenvalue weighted by Crippen LogP contribution is 2.15. The number of benzene rings is 1. The molecule has 0 saturated heterocycles. The zero-order chi connectivity index (χ0) is 14.1. The Bertz CT molecular complexity index is 404. The molecule has 0 fully saturated rings. The van der Waals surface area contributed by atoms with E-state index < -0.39 is 0 Å². The zero-order valence-electron chi connectivity index (χ0n) is 11.7. The lowest BCUT2D eigenvalue weighted by molar-refractivity contribution is 0.0940. The number of carbonyl (C=O) groups excluding carboxylic acids is 1. The van der Waals surface area contributed by atoms with E-state index in [0.717, 1.165) is 31.4 Å². The summed E-state index contributed by atoms with van der Waals surface area (Å²) in [5.74, 6) is 0.0735. The molecule has 0 aliphatic carbocycles. The van der Waals surface area contributed by atoms with Gasteiger partial charge in [0.2, 0.25) is 0 Å². The van der Waals surface area contributed by atoms with Gasteiger partial charge in [-0.05, 0) is 43.5 Å². The average Bonchev–Trinajstić information content (AvgIpc) is 2.37. The summed E-state index contributed by atoms with van der Waals surface area (Å²) in [6.45, 7) is 6.01. The van der Waals surface area contributed by atoms with Gasteiger partial charge in [0.15, 0.2) is 0 Å². The highest BCUT2D eigenvalue weighted by atomic mass is 16.5. The summed E-state index contributed by atoms with van der Waals surface area (Å²) in [7, 11) is 0. The van der Waals surface area contributed by atoms with Crippen molar-refractivity contribution in [2.45, 2.75) is 33.1 Å². The van der Waals surface area contributed by atoms with Crippen molar-refractivity contribution in [2.24, 2.45) is 0 Å². The molecule has 0 atom stereocenters. The molecule has 1 aromatic carbocycles. The second-order valence-corrected chi connectivity index (χ2v) is 4.57. The first-order valence-electron chi connectivity index (χ1n) is 6.80. The maximum atomic E-state index is 11.9. The van der Waals surface area contributed by atoms with Crippen LogP contribution in [0.4, 0.5) is 0 Å². The van der Waals surface area contributed by atoms with E-state index in [9.17, 15) is 9.90 Å². The van der Waals surface area contributed by atoms with Gasteiger partial charge in [-0.1, -0.05) is 13.3 Å². The molecular weight excluding hydrogens is 242 g/mol. The second-order valence-electron chi connectivity index (χ2n) is 4.57. The number of hydrogen-bond acceptors (Lipinski definition) is 3. The standard InChI is InChI=1S/C15H23NO3/c1-3-4-9-19-10-5-8-16-15(18)14-7-6-13(17)11-12(14)2/h6-7,11,17H,3-5,8-10H2,1-2H3,(H,16,18). The van der Waals surface area contributed by atoms with Crippen LogP contribution in [-0.2, 0) is 4.74 Å². The molecular formula is C15H23NO3. The minimum absolute atomic E-state index is 0.106. The fraction of sp³-hybridized carbons (Fsp3) is 0.533. The van der Waals surface area contributed by atoms with Crippen molar-refractivity contribution < 1.29 is 14.6 Å². The third-order valence-electron chi connectivity index (χ3n) is 2.85. The molecule has 0 aromatic heterocycles. The molecule has 0 saturated carbocycles. The van der Waals surface area contributed by atoms with Gasteiger partial charge in [0.1, 0.15) is 5.75 Å². The van der Waals surface area contributed by atoms with Crippen LogP contribution in [0.15, 0.2) is 18.2 Å². The zero-order valence-corrected chi connectivity index (χ0v) is 11.7. The Kier molecular flexibility index (Phi) is 6.97. The van der Waals surface area contributed by atoms with Gasteiger partial charge < -0.3 is 15.2 Å². The van der Waals surface area contributed by atoms with Crippen LogP contribution in [0.2, 0.25) is 0 Å². The molecule has 4 heteroatoms. The minimum atomic E-state index is -0.106. The molecule has 19 heavy (non-hydrogen) atoms. The lowest BCUT2D eigenvalue weighted by Crippen LogP contribution is -2.26. The molecule has 4 nitrogen and oxygen atoms in total. The lowest BCUT2D eigenvalue weighted by Gasteiger charge is -2.08. The predicted octanol–water partition coefficient (Wildman–Crippen LogP) is 2.64. The van der Waals surface area contributed by atoms with Crippen LogP contribution in [-0.4, -0.2) is 30.8 Å². The molecule has 0 spiro atoms. The summed E-state index contributed by atoms with van der Waals surface area (Å²) < 4.78 is 5.42. The Morgan fingerprint density at radius 1 is 1.32 bits per heavy atom. The quantitative estimate of drug-likeness (QED) is 0.710. The molecule has 0 unspecified atom stereocenters. The van der Waals surface area contributed by atoms with E-state index in [1.54, 1.807) is 12.1 Å². The van der Waals surface area contributed by atoms with Gasteiger partial charge in [0.05, 0.1) is 0 Å². The summed E-state index contributed by atoms with van der Waals surface area (Å²) >= 11 is 0. The maximum Gasteiger partial charge on any atom is 0.251 e. The molecule has 106 valence electrons. The Balaban J connectivity index is 2.24. The number of rotatable bonds is 8. The van der Waals surface area contributed by atoms with Crippen LogP contribution in [0.25, 0.3) is 0 Å². The van der Waals surface area contributed by atoms with Gasteiger partial charge in [0, 0.05) is 25.3 Å². The maximum absolute atomic E-state index is 11.9. The molecule has 1 amide bonds. The fourth-order valence-corrected chi connectivity index (χ4v) is 1.72. The summed E-state index contributed by atoms with van der Waals surface area (Å²) in [6, 6.07) is 4.75. The summed E-state index contributed by atoms with van der Waals surface area (Å²) in [6.07, 6.45) is 3.03. The van der Waals surface area contributed by atoms with Crippen molar-refractivity contribution >= 4 is 5.91 Å². The van der Waals surface area contributed by atoms with Gasteiger partial charge >= 0.3 is 0 Å². The van der Waals surface area contributed by atoms with Gasteiger partial charge in [-0.2, -0.15) is 0 Å². The second kappa shape index (κ2) is 8.53. The fourth-order valence-electron chi connectivity index (χ4n) is 1.72. The van der Waals surface area contributed by atoms with Crippen molar-refractivity contribution in [2.75, 3.05) is 19.8 Å². The van der Waals surface area contributed by atoms with Gasteiger partial charge in [-0.25, -0.2) is 0 Å². The Morgan fingerprint density at radius 3 is 2.74 bits per heavy atom. The third-order valence-corrected chi connectivity index (χ3v) is 2.85. The van der Waals surface area contributed by atoms with Crippen LogP contribution in [0.3, 0.4) is 0 Å². The molecule has 1 rings (SSSR count). The lowest BCUT2D eigenvalue weighted by atomic mass is 10.1. The molecule has 0 heterocycles. The predicted molar refractivity (Wildman–Crippen MR) is 75.5 cm³/mol. The van der Waals surface area contributed by atoms with E-state index in [1.165, 1.54) is 6.07 Å². The van der Waals surface area contributed by atoms with E-state index >= 15 is 0 Å². The van der Waals surface area contributed by atoms with E-state index in [-0.39, 0.29) is 11.7 Å². The first-order chi connectivity index (χ1) is 9.15. The van der Waals surface area contributed by atoms with Crippen molar-refractivity contribution in [3.8, 4) is 5.75 Å². The first-order valence-corrected chi connectivity index (χ1v) is 6.80. The number of hydrogen-bond donors (Lipinski definition) is 2. The van der Waals surface area contributed by atoms with Gasteiger partial charge in [-0.15, -0.1) is 0 Å². The largest absolute Gasteiger partial charge is 0.508 e. The number of ether oxygens (including phenoxy) is 1. The Labute approximate surface area is 114 Å². The smallest absolute Gasteiger partial charge is 0.251 e. The van der Waals surface area contributed by atoms with Crippen LogP contribution < -0.4 is 5.32 Å². The van der Waals surface area contributed by atoms with Gasteiger partial charge in [-0.3, -0.25) is 4.79 Å². The number of phenolic OH excluding ortho intramolecular Hbond substituents is 1. The number of unbranched alkanes of at least 4 members (excludes halogenated alkanes) is 1. The van der Waals surface area contributed by atoms with Crippen molar-refractivity contribution in [3.05, 3.63) is 29.3 Å². The van der Waals surface area contributed by atoms with E-state index in [2.05, 4.69) is 12.2 Å². The molecule has 2 N–H and O–H groups in total. The van der Waals surface area contributed by atoms with Crippen LogP contribution in [0, 0.1) is 6.92 Å². The van der Waals surface area contributed by atoms with Crippen LogP contribution in [0.5, 0.6) is 5.75 Å². The van der Waals surface area contributed by atoms with E-state index in [1.807, 2.05) is 6.92 Å². The third kappa shape index (κ3) is 5.75. The normalized spacial score (nSPS) is 10.4. The highest BCUT2D eigenvalue weighted by Gasteiger charge is 2.08. The Morgan fingerprint density at radius 2 is 2.05 bits per heavy atom. The van der Waals surface area contributed by atoms with Crippen molar-refractivity contribution in [1.82, 2.24) is 5.32 Å². The molecule has 0 bridgehead atoms. The number of amides is 1. The summed E-state index contributed by atoms with van der Waals surface area (Å²) in [5.41, 5.74) is 1.38. The number of nitrogens with one attached hydrogen (secondary N) is 1. The molecule has 0 radical (unpaired) electrons. The first kappa shape index (κ1) is 15.5. The van der Waals surface area contributed by atoms with E-state index in [4.69, 9.17) is 4.74 Å². The average molecular weight is 265 g/mol. The number of carbonyl (C=O) groups is 1. The number of aromatic hydroxyl groups is 1. The monoisotopic (exact) mass is 265 g/mol. The number of phenols is 1. The molecule has 1 aromatic rings. The van der Waals surface area contributed by atoms with Crippen molar-refractivity contribution in [1.29, 1.82) is 0 Å². The SMILES string of the molecule is CCCCOCCCNC(=O)c1ccc(O)cc1C.